The van der Waals surface area contributed by atoms with Gasteiger partial charge in [0.2, 0.25) is 15.9 Å². The molecular weight excluding hydrogens is 462 g/mol. The molecule has 2 aliphatic heterocycles. The van der Waals surface area contributed by atoms with Gasteiger partial charge >= 0.3 is 5.97 Å². The van der Waals surface area contributed by atoms with E-state index in [0.717, 1.165) is 12.8 Å². The predicted octanol–water partition coefficient (Wildman–Crippen LogP) is 2.01. The summed E-state index contributed by atoms with van der Waals surface area (Å²) in [5.41, 5.74) is 0.950. The molecule has 34 heavy (non-hydrogen) atoms. The molecule has 0 aliphatic carbocycles. The number of nitrogens with zero attached hydrogens (tertiary/aromatic N) is 2. The number of nitrogens with one attached hydrogen (secondary N) is 1. The van der Waals surface area contributed by atoms with E-state index in [-0.39, 0.29) is 28.7 Å². The normalized spacial score (nSPS) is 17.0. The molecule has 2 heterocycles. The second-order valence-corrected chi connectivity index (χ2v) is 9.92. The molecule has 0 bridgehead atoms. The number of sulfonamides is 1. The number of amides is 2. The van der Waals surface area contributed by atoms with Gasteiger partial charge in [-0.3, -0.25) is 14.5 Å². The highest BCUT2D eigenvalue weighted by atomic mass is 32.2. The van der Waals surface area contributed by atoms with Crippen LogP contribution in [0.4, 0.5) is 11.4 Å². The number of rotatable bonds is 6. The molecule has 0 spiro atoms. The first-order valence-corrected chi connectivity index (χ1v) is 12.3. The van der Waals surface area contributed by atoms with Crippen molar-refractivity contribution in [2.24, 2.45) is 0 Å². The minimum Gasteiger partial charge on any atom is -0.495 e. The number of fused-ring (bicyclic) bond motifs is 1. The molecule has 0 saturated carbocycles. The van der Waals surface area contributed by atoms with Crippen LogP contribution in [0.25, 0.3) is 0 Å². The Balaban J connectivity index is 1.55. The monoisotopic (exact) mass is 487 g/mol. The van der Waals surface area contributed by atoms with E-state index >= 15 is 0 Å². The summed E-state index contributed by atoms with van der Waals surface area (Å²) >= 11 is 0. The largest absolute Gasteiger partial charge is 0.495 e. The standard InChI is InChI=1S/C23H25N3O7S/c1-15(22(28)26-14-21(27)24-17-7-3-4-8-18(17)26)33-23(29)16-9-10-19(32-2)20(13-16)34(30,31)25-11-5-6-12-25/h3-4,7-10,13,15H,5-6,11-12,14H2,1-2H3,(H,24,27)/t15-/m0/s1. The maximum absolute atomic E-state index is 13.1. The zero-order valence-corrected chi connectivity index (χ0v) is 19.6. The second-order valence-electron chi connectivity index (χ2n) is 8.01. The summed E-state index contributed by atoms with van der Waals surface area (Å²) < 4.78 is 38.1. The van der Waals surface area contributed by atoms with Crippen molar-refractivity contribution in [1.82, 2.24) is 4.31 Å². The van der Waals surface area contributed by atoms with Crippen molar-refractivity contribution in [3.8, 4) is 5.75 Å². The molecule has 1 atom stereocenters. The minimum atomic E-state index is -3.86. The Morgan fingerprint density at radius 3 is 2.50 bits per heavy atom. The van der Waals surface area contributed by atoms with Crippen LogP contribution < -0.4 is 15.0 Å². The van der Waals surface area contributed by atoms with Crippen LogP contribution in [-0.2, 0) is 24.3 Å². The van der Waals surface area contributed by atoms with E-state index in [4.69, 9.17) is 9.47 Å². The van der Waals surface area contributed by atoms with Crippen molar-refractivity contribution in [3.63, 3.8) is 0 Å². The Morgan fingerprint density at radius 1 is 1.09 bits per heavy atom. The lowest BCUT2D eigenvalue weighted by Crippen LogP contribution is -2.47. The summed E-state index contributed by atoms with van der Waals surface area (Å²) in [6.07, 6.45) is 0.313. The molecule has 0 unspecified atom stereocenters. The average Bonchev–Trinajstić information content (AvgIpc) is 3.38. The van der Waals surface area contributed by atoms with Crippen LogP contribution in [0.1, 0.15) is 30.1 Å². The number of hydrogen-bond donors (Lipinski definition) is 1. The van der Waals surface area contributed by atoms with Gasteiger partial charge in [0.25, 0.3) is 5.91 Å². The maximum atomic E-state index is 13.1. The van der Waals surface area contributed by atoms with Crippen molar-refractivity contribution in [3.05, 3.63) is 48.0 Å². The second kappa shape index (κ2) is 9.43. The minimum absolute atomic E-state index is 0.0324. The first-order chi connectivity index (χ1) is 16.2. The van der Waals surface area contributed by atoms with Crippen LogP contribution in [0.5, 0.6) is 5.75 Å². The Labute approximate surface area is 197 Å². The summed E-state index contributed by atoms with van der Waals surface area (Å²) in [4.78, 5) is 39.0. The molecule has 2 amide bonds. The number of ether oxygens (including phenoxy) is 2. The predicted molar refractivity (Wildman–Crippen MR) is 123 cm³/mol. The molecule has 0 aromatic heterocycles. The van der Waals surface area contributed by atoms with Gasteiger partial charge in [-0.1, -0.05) is 12.1 Å². The third-order valence-corrected chi connectivity index (χ3v) is 7.67. The first kappa shape index (κ1) is 23.7. The van der Waals surface area contributed by atoms with Crippen molar-refractivity contribution >= 4 is 39.2 Å². The Morgan fingerprint density at radius 2 is 1.79 bits per heavy atom. The van der Waals surface area contributed by atoms with E-state index in [9.17, 15) is 22.8 Å². The van der Waals surface area contributed by atoms with Crippen LogP contribution >= 0.6 is 0 Å². The topological polar surface area (TPSA) is 122 Å². The van der Waals surface area contributed by atoms with Gasteiger partial charge in [-0.05, 0) is 50.1 Å². The lowest BCUT2D eigenvalue weighted by molar-refractivity contribution is -0.128. The maximum Gasteiger partial charge on any atom is 0.338 e. The molecular formula is C23H25N3O7S. The van der Waals surface area contributed by atoms with Crippen LogP contribution in [0.15, 0.2) is 47.4 Å². The highest BCUT2D eigenvalue weighted by molar-refractivity contribution is 7.89. The number of anilines is 2. The fraction of sp³-hybridized carbons (Fsp3) is 0.348. The van der Waals surface area contributed by atoms with E-state index in [1.165, 1.54) is 41.4 Å². The first-order valence-electron chi connectivity index (χ1n) is 10.8. The van der Waals surface area contributed by atoms with Gasteiger partial charge in [-0.15, -0.1) is 0 Å². The molecule has 10 nitrogen and oxygen atoms in total. The van der Waals surface area contributed by atoms with Gasteiger partial charge in [0.1, 0.15) is 17.2 Å². The number of methoxy groups -OCH3 is 1. The summed E-state index contributed by atoms with van der Waals surface area (Å²) in [5, 5.41) is 2.69. The SMILES string of the molecule is COc1ccc(C(=O)O[C@@H](C)C(=O)N2CC(=O)Nc3ccccc32)cc1S(=O)(=O)N1CCCC1. The molecule has 2 aromatic carbocycles. The van der Waals surface area contributed by atoms with E-state index < -0.39 is 28.0 Å². The Hall–Kier alpha value is -3.44. The number of benzene rings is 2. The Kier molecular flexibility index (Phi) is 6.58. The summed E-state index contributed by atoms with van der Waals surface area (Å²) in [7, 11) is -2.51. The molecule has 1 N–H and O–H groups in total. The fourth-order valence-corrected chi connectivity index (χ4v) is 5.70. The van der Waals surface area contributed by atoms with Crippen molar-refractivity contribution in [1.29, 1.82) is 0 Å². The molecule has 180 valence electrons. The van der Waals surface area contributed by atoms with Crippen molar-refractivity contribution < 1.29 is 32.3 Å². The number of carbonyl (C=O) groups excluding carboxylic acids is 3. The smallest absolute Gasteiger partial charge is 0.338 e. The third kappa shape index (κ3) is 4.48. The van der Waals surface area contributed by atoms with E-state index in [1.807, 2.05) is 0 Å². The Bertz CT molecular complexity index is 1240. The number of carbonyl (C=O) groups is 3. The van der Waals surface area contributed by atoms with Gasteiger partial charge < -0.3 is 14.8 Å². The fourth-order valence-electron chi connectivity index (χ4n) is 4.00. The molecule has 1 saturated heterocycles. The molecule has 4 rings (SSSR count). The molecule has 2 aromatic rings. The molecule has 2 aliphatic rings. The summed E-state index contributed by atoms with van der Waals surface area (Å²) in [5.74, 6) is -1.69. The van der Waals surface area contributed by atoms with E-state index in [2.05, 4.69) is 5.32 Å². The zero-order valence-electron chi connectivity index (χ0n) is 18.8. The average molecular weight is 488 g/mol. The van der Waals surface area contributed by atoms with Gasteiger partial charge in [-0.2, -0.15) is 4.31 Å². The molecule has 1 fully saturated rings. The van der Waals surface area contributed by atoms with Crippen molar-refractivity contribution in [2.75, 3.05) is 37.0 Å². The van der Waals surface area contributed by atoms with Crippen LogP contribution in [0.3, 0.4) is 0 Å². The van der Waals surface area contributed by atoms with Crippen LogP contribution in [0.2, 0.25) is 0 Å². The number of para-hydroxylation sites is 2. The zero-order chi connectivity index (χ0) is 24.5. The highest BCUT2D eigenvalue weighted by Crippen LogP contribution is 2.31. The summed E-state index contributed by atoms with van der Waals surface area (Å²) in [6.45, 7) is 1.99. The van der Waals surface area contributed by atoms with E-state index in [0.29, 0.717) is 24.5 Å². The molecule has 11 heteroatoms. The highest BCUT2D eigenvalue weighted by Gasteiger charge is 2.33. The van der Waals surface area contributed by atoms with Crippen LogP contribution in [0, 0.1) is 0 Å². The molecule has 0 radical (unpaired) electrons. The van der Waals surface area contributed by atoms with Crippen molar-refractivity contribution in [2.45, 2.75) is 30.8 Å². The summed E-state index contributed by atoms with van der Waals surface area (Å²) in [6, 6.07) is 10.8. The third-order valence-electron chi connectivity index (χ3n) is 5.75. The number of esters is 1. The van der Waals surface area contributed by atoms with Gasteiger partial charge in [0, 0.05) is 13.1 Å². The van der Waals surface area contributed by atoms with Gasteiger partial charge in [-0.25, -0.2) is 13.2 Å². The number of hydrogen-bond acceptors (Lipinski definition) is 7. The lowest BCUT2D eigenvalue weighted by Gasteiger charge is -2.30. The van der Waals surface area contributed by atoms with Gasteiger partial charge in [0.15, 0.2) is 6.10 Å². The quantitative estimate of drug-likeness (QED) is 0.619. The van der Waals surface area contributed by atoms with Crippen LogP contribution in [-0.4, -0.2) is 63.4 Å². The van der Waals surface area contributed by atoms with E-state index in [1.54, 1.807) is 24.3 Å². The lowest BCUT2D eigenvalue weighted by atomic mass is 10.1. The van der Waals surface area contributed by atoms with Gasteiger partial charge in [0.05, 0.1) is 24.0 Å².